The summed E-state index contributed by atoms with van der Waals surface area (Å²) >= 11 is 1.04. The van der Waals surface area contributed by atoms with Crippen molar-refractivity contribution in [1.29, 1.82) is 0 Å². The van der Waals surface area contributed by atoms with Crippen LogP contribution in [0, 0.1) is 0 Å². The Hall–Kier alpha value is -3.59. The predicted octanol–water partition coefficient (Wildman–Crippen LogP) is 5.38. The molecule has 3 amide bonds. The maximum atomic E-state index is 13.3. The van der Waals surface area contributed by atoms with Gasteiger partial charge in [0, 0.05) is 11.3 Å². The van der Waals surface area contributed by atoms with Crippen LogP contribution in [0.5, 0.6) is 0 Å². The molecule has 5 nitrogen and oxygen atoms in total. The highest BCUT2D eigenvalue weighted by Crippen LogP contribution is 2.37. The van der Waals surface area contributed by atoms with Gasteiger partial charge in [-0.2, -0.15) is 13.2 Å². The Bertz CT molecular complexity index is 1210. The summed E-state index contributed by atoms with van der Waals surface area (Å²) in [5.41, 5.74) is -0.751. The summed E-state index contributed by atoms with van der Waals surface area (Å²) in [5, 5.41) is 1.56. The van der Waals surface area contributed by atoms with Gasteiger partial charge in [-0.15, -0.1) is 11.8 Å². The number of rotatable bonds is 5. The van der Waals surface area contributed by atoms with Crippen LogP contribution in [0.2, 0.25) is 0 Å². The molecule has 3 aromatic rings. The van der Waals surface area contributed by atoms with E-state index in [0.29, 0.717) is 10.6 Å². The minimum absolute atomic E-state index is 0.0503. The van der Waals surface area contributed by atoms with Gasteiger partial charge in [-0.1, -0.05) is 42.5 Å². The number of hydrogen-bond donors (Lipinski definition) is 1. The molecule has 168 valence electrons. The van der Waals surface area contributed by atoms with Crippen LogP contribution >= 0.6 is 11.8 Å². The molecule has 1 heterocycles. The van der Waals surface area contributed by atoms with Crippen molar-refractivity contribution in [1.82, 2.24) is 0 Å². The number of thioether (sulfide) groups is 1. The molecule has 0 bridgehead atoms. The summed E-state index contributed by atoms with van der Waals surface area (Å²) < 4.78 is 39.8. The first-order valence-electron chi connectivity index (χ1n) is 9.91. The molecule has 1 aliphatic heterocycles. The van der Waals surface area contributed by atoms with Crippen LogP contribution in [-0.4, -0.2) is 23.0 Å². The topological polar surface area (TPSA) is 66.5 Å². The van der Waals surface area contributed by atoms with Crippen LogP contribution in [0.3, 0.4) is 0 Å². The van der Waals surface area contributed by atoms with Crippen LogP contribution in [0.4, 0.5) is 24.5 Å². The molecule has 1 saturated heterocycles. The van der Waals surface area contributed by atoms with Crippen molar-refractivity contribution in [3.8, 4) is 0 Å². The van der Waals surface area contributed by atoms with Crippen molar-refractivity contribution in [2.24, 2.45) is 0 Å². The number of nitrogens with one attached hydrogen (secondary N) is 1. The van der Waals surface area contributed by atoms with Gasteiger partial charge >= 0.3 is 6.18 Å². The number of anilines is 2. The summed E-state index contributed by atoms with van der Waals surface area (Å²) in [6, 6.07) is 19.5. The molecule has 0 saturated carbocycles. The number of nitrogens with zero attached hydrogens (tertiary/aromatic N) is 1. The molecule has 1 aliphatic rings. The Kier molecular flexibility index (Phi) is 6.24. The smallest absolute Gasteiger partial charge is 0.321 e. The molecule has 0 aliphatic carbocycles. The third kappa shape index (κ3) is 4.78. The van der Waals surface area contributed by atoms with E-state index in [0.717, 1.165) is 22.7 Å². The van der Waals surface area contributed by atoms with E-state index in [1.807, 2.05) is 0 Å². The first kappa shape index (κ1) is 22.6. The van der Waals surface area contributed by atoms with Crippen LogP contribution in [-0.2, 0) is 15.8 Å². The lowest BCUT2D eigenvalue weighted by atomic mass is 10.1. The molecule has 1 atom stereocenters. The van der Waals surface area contributed by atoms with Gasteiger partial charge in [0.15, 0.2) is 0 Å². The summed E-state index contributed by atoms with van der Waals surface area (Å²) in [6.45, 7) is 0. The van der Waals surface area contributed by atoms with Gasteiger partial charge in [-0.25, -0.2) is 4.90 Å². The highest BCUT2D eigenvalue weighted by molar-refractivity contribution is 8.00. The lowest BCUT2D eigenvalue weighted by Crippen LogP contribution is -2.31. The zero-order valence-electron chi connectivity index (χ0n) is 17.0. The molecule has 1 fully saturated rings. The number of para-hydroxylation sites is 2. The molecule has 0 radical (unpaired) electrons. The molecule has 9 heteroatoms. The average Bonchev–Trinajstić information content (AvgIpc) is 3.07. The SMILES string of the molecule is O=C(Nc1ccccc1C(F)(F)F)c1ccccc1SC1CC(=O)N(c2ccccc2)C1=O. The zero-order valence-corrected chi connectivity index (χ0v) is 17.8. The van der Waals surface area contributed by atoms with Gasteiger partial charge < -0.3 is 5.32 Å². The van der Waals surface area contributed by atoms with E-state index in [2.05, 4.69) is 5.32 Å². The fourth-order valence-electron chi connectivity index (χ4n) is 3.48. The second-order valence-electron chi connectivity index (χ2n) is 7.21. The third-order valence-corrected chi connectivity index (χ3v) is 6.26. The fraction of sp³-hybridized carbons (Fsp3) is 0.125. The lowest BCUT2D eigenvalue weighted by Gasteiger charge is -2.16. The van der Waals surface area contributed by atoms with E-state index in [1.54, 1.807) is 48.5 Å². The molecule has 0 aromatic heterocycles. The maximum absolute atomic E-state index is 13.3. The Morgan fingerprint density at radius 1 is 0.909 bits per heavy atom. The fourth-order valence-corrected chi connectivity index (χ4v) is 4.67. The second kappa shape index (κ2) is 9.11. The quantitative estimate of drug-likeness (QED) is 0.509. The van der Waals surface area contributed by atoms with E-state index in [1.165, 1.54) is 24.3 Å². The molecule has 33 heavy (non-hydrogen) atoms. The minimum atomic E-state index is -4.63. The zero-order chi connectivity index (χ0) is 23.6. The molecular weight excluding hydrogens is 453 g/mol. The average molecular weight is 470 g/mol. The van der Waals surface area contributed by atoms with Crippen molar-refractivity contribution < 1.29 is 27.6 Å². The molecule has 1 N–H and O–H groups in total. The first-order valence-corrected chi connectivity index (χ1v) is 10.8. The Balaban J connectivity index is 1.56. The van der Waals surface area contributed by atoms with Crippen molar-refractivity contribution >= 4 is 40.9 Å². The maximum Gasteiger partial charge on any atom is 0.418 e. The van der Waals surface area contributed by atoms with E-state index in [4.69, 9.17) is 0 Å². The summed E-state index contributed by atoms with van der Waals surface area (Å²) in [5.74, 6) is -1.51. The molecule has 4 rings (SSSR count). The van der Waals surface area contributed by atoms with Gasteiger partial charge in [0.2, 0.25) is 11.8 Å². The van der Waals surface area contributed by atoms with Crippen molar-refractivity contribution in [3.05, 3.63) is 90.0 Å². The Morgan fingerprint density at radius 2 is 1.55 bits per heavy atom. The number of carbonyl (C=O) groups excluding carboxylic acids is 3. The number of imide groups is 1. The molecule has 1 unspecified atom stereocenters. The molecule has 3 aromatic carbocycles. The van der Waals surface area contributed by atoms with Gasteiger partial charge in [-0.3, -0.25) is 14.4 Å². The highest BCUT2D eigenvalue weighted by Gasteiger charge is 2.40. The lowest BCUT2D eigenvalue weighted by molar-refractivity contribution is -0.137. The second-order valence-corrected chi connectivity index (χ2v) is 8.45. The number of halogens is 3. The van der Waals surface area contributed by atoms with Gasteiger partial charge in [0.05, 0.1) is 27.8 Å². The van der Waals surface area contributed by atoms with Crippen molar-refractivity contribution in [2.45, 2.75) is 22.7 Å². The van der Waals surface area contributed by atoms with Crippen molar-refractivity contribution in [3.63, 3.8) is 0 Å². The highest BCUT2D eigenvalue weighted by atomic mass is 32.2. The predicted molar refractivity (Wildman–Crippen MR) is 119 cm³/mol. The van der Waals surface area contributed by atoms with Crippen LogP contribution in [0.1, 0.15) is 22.3 Å². The monoisotopic (exact) mass is 470 g/mol. The van der Waals surface area contributed by atoms with Gasteiger partial charge in [-0.05, 0) is 36.4 Å². The number of amides is 3. The summed E-state index contributed by atoms with van der Waals surface area (Å²) in [6.07, 6.45) is -4.68. The standard InChI is InChI=1S/C24H17F3N2O3S/c25-24(26,27)17-11-5-6-12-18(17)28-22(31)16-10-4-7-13-19(16)33-20-14-21(30)29(23(20)32)15-8-2-1-3-9-15/h1-13,20H,14H2,(H,28,31). The first-order chi connectivity index (χ1) is 15.8. The van der Waals surface area contributed by atoms with Crippen LogP contribution < -0.4 is 10.2 Å². The molecular formula is C24H17F3N2O3S. The third-order valence-electron chi connectivity index (χ3n) is 5.00. The number of hydrogen-bond acceptors (Lipinski definition) is 4. The normalized spacial score (nSPS) is 16.2. The van der Waals surface area contributed by atoms with Gasteiger partial charge in [0.1, 0.15) is 0 Å². The van der Waals surface area contributed by atoms with E-state index >= 15 is 0 Å². The van der Waals surface area contributed by atoms with E-state index in [-0.39, 0.29) is 23.6 Å². The summed E-state index contributed by atoms with van der Waals surface area (Å²) in [7, 11) is 0. The largest absolute Gasteiger partial charge is 0.418 e. The van der Waals surface area contributed by atoms with E-state index < -0.39 is 28.8 Å². The molecule has 0 spiro atoms. The number of benzene rings is 3. The Labute approximate surface area is 191 Å². The number of carbonyl (C=O) groups is 3. The Morgan fingerprint density at radius 3 is 2.27 bits per heavy atom. The van der Waals surface area contributed by atoms with E-state index in [9.17, 15) is 27.6 Å². The summed E-state index contributed by atoms with van der Waals surface area (Å²) in [4.78, 5) is 39.8. The van der Waals surface area contributed by atoms with Crippen molar-refractivity contribution in [2.75, 3.05) is 10.2 Å². The van der Waals surface area contributed by atoms with Gasteiger partial charge in [0.25, 0.3) is 5.91 Å². The van der Waals surface area contributed by atoms with Crippen LogP contribution in [0.25, 0.3) is 0 Å². The number of alkyl halides is 3. The van der Waals surface area contributed by atoms with Crippen LogP contribution in [0.15, 0.2) is 83.8 Å². The minimum Gasteiger partial charge on any atom is -0.321 e.